The lowest BCUT2D eigenvalue weighted by atomic mass is 10.3. The fourth-order valence-corrected chi connectivity index (χ4v) is 1.84. The molecule has 2 N–H and O–H groups in total. The largest absolute Gasteiger partial charge is 0.451 e. The van der Waals surface area contributed by atoms with Crippen LogP contribution in [-0.4, -0.2) is 29.7 Å². The Morgan fingerprint density at radius 2 is 2.14 bits per heavy atom. The van der Waals surface area contributed by atoms with E-state index in [1.807, 2.05) is 0 Å². The van der Waals surface area contributed by atoms with Gasteiger partial charge in [-0.05, 0) is 0 Å². The number of alkyl halides is 3. The molecular formula is C11H10F3N7. The summed E-state index contributed by atoms with van der Waals surface area (Å²) in [7, 11) is 1.75. The number of nitrogens with one attached hydrogen (secondary N) is 2. The van der Waals surface area contributed by atoms with Crippen LogP contribution in [0.4, 0.5) is 19.0 Å². The van der Waals surface area contributed by atoms with Gasteiger partial charge in [0.25, 0.3) is 0 Å². The molecule has 3 aromatic heterocycles. The lowest BCUT2D eigenvalue weighted by Gasteiger charge is -2.09. The number of anilines is 1. The monoisotopic (exact) mass is 297 g/mol. The third kappa shape index (κ3) is 2.64. The topological polar surface area (TPSA) is 84.3 Å². The van der Waals surface area contributed by atoms with Gasteiger partial charge in [-0.2, -0.15) is 18.3 Å². The van der Waals surface area contributed by atoms with E-state index in [-0.39, 0.29) is 18.0 Å². The normalized spacial score (nSPS) is 12.0. The Hall–Kier alpha value is -2.65. The Morgan fingerprint density at radius 3 is 2.81 bits per heavy atom. The quantitative estimate of drug-likeness (QED) is 0.769. The Labute approximate surface area is 116 Å². The lowest BCUT2D eigenvalue weighted by molar-refractivity contribution is -0.144. The van der Waals surface area contributed by atoms with Crippen LogP contribution >= 0.6 is 0 Å². The van der Waals surface area contributed by atoms with Gasteiger partial charge in [-0.3, -0.25) is 4.68 Å². The number of halogens is 3. The average molecular weight is 297 g/mol. The molecule has 0 amide bonds. The molecular weight excluding hydrogens is 287 g/mol. The van der Waals surface area contributed by atoms with Gasteiger partial charge in [0.1, 0.15) is 5.52 Å². The Bertz CT molecular complexity index is 774. The highest BCUT2D eigenvalue weighted by atomic mass is 19.4. The number of nitrogens with zero attached hydrogens (tertiary/aromatic N) is 5. The van der Waals surface area contributed by atoms with Gasteiger partial charge in [0, 0.05) is 25.4 Å². The molecule has 0 atom stereocenters. The van der Waals surface area contributed by atoms with Crippen molar-refractivity contribution in [3.05, 3.63) is 30.1 Å². The number of aryl methyl sites for hydroxylation is 1. The predicted octanol–water partition coefficient (Wildman–Crippen LogP) is 1.72. The second-order valence-electron chi connectivity index (χ2n) is 4.37. The predicted molar refractivity (Wildman–Crippen MR) is 67.2 cm³/mol. The zero-order valence-electron chi connectivity index (χ0n) is 10.8. The fourth-order valence-electron chi connectivity index (χ4n) is 1.84. The summed E-state index contributed by atoms with van der Waals surface area (Å²) < 4.78 is 39.9. The molecule has 0 saturated carbocycles. The standard InChI is InChI=1S/C11H10F3N7/c1-21-4-6(3-18-21)2-15-8-7-9(17-5-16-7)20-10(19-8)11(12,13)14/h3-5H,2H2,1H3,(H2,15,16,17,19,20). The van der Waals surface area contributed by atoms with E-state index in [0.29, 0.717) is 5.52 Å². The van der Waals surface area contributed by atoms with Crippen molar-refractivity contribution >= 4 is 17.0 Å². The number of H-pyrrole nitrogens is 1. The van der Waals surface area contributed by atoms with Crippen LogP contribution in [0.5, 0.6) is 0 Å². The minimum Gasteiger partial charge on any atom is -0.364 e. The van der Waals surface area contributed by atoms with Crippen LogP contribution in [0, 0.1) is 0 Å². The minimum absolute atomic E-state index is 0.0361. The molecule has 0 aliphatic heterocycles. The molecule has 21 heavy (non-hydrogen) atoms. The van der Waals surface area contributed by atoms with E-state index in [1.54, 1.807) is 24.1 Å². The van der Waals surface area contributed by atoms with E-state index < -0.39 is 12.0 Å². The molecule has 0 radical (unpaired) electrons. The van der Waals surface area contributed by atoms with Crippen molar-refractivity contribution < 1.29 is 13.2 Å². The molecule has 0 aliphatic carbocycles. The number of fused-ring (bicyclic) bond motifs is 1. The van der Waals surface area contributed by atoms with E-state index >= 15 is 0 Å². The fraction of sp³-hybridized carbons (Fsp3) is 0.273. The smallest absolute Gasteiger partial charge is 0.364 e. The van der Waals surface area contributed by atoms with Gasteiger partial charge in [0.15, 0.2) is 11.5 Å². The van der Waals surface area contributed by atoms with E-state index in [0.717, 1.165) is 5.56 Å². The molecule has 10 heteroatoms. The highest BCUT2D eigenvalue weighted by molar-refractivity contribution is 5.82. The van der Waals surface area contributed by atoms with Crippen LogP contribution in [0.25, 0.3) is 11.2 Å². The maximum atomic E-state index is 12.8. The Kier molecular flexibility index (Phi) is 3.00. The average Bonchev–Trinajstić information content (AvgIpc) is 3.03. The molecule has 3 heterocycles. The van der Waals surface area contributed by atoms with E-state index in [4.69, 9.17) is 0 Å². The number of rotatable bonds is 3. The summed E-state index contributed by atoms with van der Waals surface area (Å²) in [5.74, 6) is -1.18. The summed E-state index contributed by atoms with van der Waals surface area (Å²) in [6.45, 7) is 0.288. The van der Waals surface area contributed by atoms with Crippen LogP contribution in [0.1, 0.15) is 11.4 Å². The van der Waals surface area contributed by atoms with Gasteiger partial charge in [0.2, 0.25) is 5.82 Å². The third-order valence-electron chi connectivity index (χ3n) is 2.76. The number of hydrogen-bond donors (Lipinski definition) is 2. The molecule has 0 bridgehead atoms. The highest BCUT2D eigenvalue weighted by Crippen LogP contribution is 2.29. The Morgan fingerprint density at radius 1 is 1.33 bits per heavy atom. The van der Waals surface area contributed by atoms with Gasteiger partial charge in [-0.1, -0.05) is 0 Å². The molecule has 0 aliphatic rings. The summed E-state index contributed by atoms with van der Waals surface area (Å²) in [5.41, 5.74) is 1.11. The molecule has 3 rings (SSSR count). The second-order valence-corrected chi connectivity index (χ2v) is 4.37. The molecule has 0 aromatic carbocycles. The van der Waals surface area contributed by atoms with Crippen LogP contribution in [-0.2, 0) is 19.8 Å². The molecule has 110 valence electrons. The van der Waals surface area contributed by atoms with Crippen LogP contribution in [0.15, 0.2) is 18.7 Å². The molecule has 3 aromatic rings. The molecule has 7 nitrogen and oxygen atoms in total. The van der Waals surface area contributed by atoms with Crippen LogP contribution in [0.2, 0.25) is 0 Å². The first-order chi connectivity index (χ1) is 9.93. The number of aromatic amines is 1. The second kappa shape index (κ2) is 4.72. The first-order valence-corrected chi connectivity index (χ1v) is 5.93. The molecule has 0 fully saturated rings. The van der Waals surface area contributed by atoms with Crippen LogP contribution < -0.4 is 5.32 Å². The molecule has 0 spiro atoms. The zero-order valence-corrected chi connectivity index (χ0v) is 10.8. The van der Waals surface area contributed by atoms with E-state index in [2.05, 4.69) is 30.4 Å². The van der Waals surface area contributed by atoms with Crippen molar-refractivity contribution in [1.82, 2.24) is 29.7 Å². The van der Waals surface area contributed by atoms with E-state index in [1.165, 1.54) is 6.33 Å². The first kappa shape index (κ1) is 13.3. The Balaban J connectivity index is 1.94. The van der Waals surface area contributed by atoms with Crippen molar-refractivity contribution in [2.45, 2.75) is 12.7 Å². The SMILES string of the molecule is Cn1cc(CNc2nc(C(F)(F)F)nc3nc[nH]c23)cn1. The summed E-state index contributed by atoms with van der Waals surface area (Å²) >= 11 is 0. The van der Waals surface area contributed by atoms with Crippen LogP contribution in [0.3, 0.4) is 0 Å². The number of imidazole rings is 1. The van der Waals surface area contributed by atoms with Gasteiger partial charge in [-0.15, -0.1) is 0 Å². The van der Waals surface area contributed by atoms with E-state index in [9.17, 15) is 13.2 Å². The minimum atomic E-state index is -4.63. The number of hydrogen-bond acceptors (Lipinski definition) is 5. The number of aromatic nitrogens is 6. The zero-order chi connectivity index (χ0) is 15.0. The van der Waals surface area contributed by atoms with Crippen molar-refractivity contribution in [1.29, 1.82) is 0 Å². The van der Waals surface area contributed by atoms with Gasteiger partial charge in [0.05, 0.1) is 12.5 Å². The first-order valence-electron chi connectivity index (χ1n) is 5.93. The molecule has 0 saturated heterocycles. The maximum absolute atomic E-state index is 12.8. The van der Waals surface area contributed by atoms with Crippen molar-refractivity contribution in [3.63, 3.8) is 0 Å². The summed E-state index contributed by atoms with van der Waals surface area (Å²) in [6, 6.07) is 0. The molecule has 0 unspecified atom stereocenters. The van der Waals surface area contributed by atoms with Gasteiger partial charge < -0.3 is 10.3 Å². The summed E-state index contributed by atoms with van der Waals surface area (Å²) in [5, 5.41) is 6.82. The van der Waals surface area contributed by atoms with Gasteiger partial charge >= 0.3 is 6.18 Å². The van der Waals surface area contributed by atoms with Crippen molar-refractivity contribution in [3.8, 4) is 0 Å². The highest BCUT2D eigenvalue weighted by Gasteiger charge is 2.36. The summed E-state index contributed by atoms with van der Waals surface area (Å²) in [4.78, 5) is 13.4. The third-order valence-corrected chi connectivity index (χ3v) is 2.76. The van der Waals surface area contributed by atoms with Crippen molar-refractivity contribution in [2.75, 3.05) is 5.32 Å². The summed E-state index contributed by atoms with van der Waals surface area (Å²) in [6.07, 6.45) is 0.0126. The lowest BCUT2D eigenvalue weighted by Crippen LogP contribution is -2.13. The van der Waals surface area contributed by atoms with Crippen molar-refractivity contribution in [2.24, 2.45) is 7.05 Å². The maximum Gasteiger partial charge on any atom is 0.451 e. The van der Waals surface area contributed by atoms with Gasteiger partial charge in [-0.25, -0.2) is 15.0 Å².